The molecule has 1 unspecified atom stereocenters. The van der Waals surface area contributed by atoms with Crippen molar-refractivity contribution in [2.24, 2.45) is 0 Å². The Labute approximate surface area is 452 Å². The van der Waals surface area contributed by atoms with Gasteiger partial charge in [0.25, 0.3) is 0 Å². The van der Waals surface area contributed by atoms with Crippen molar-refractivity contribution in [3.05, 3.63) is 85.1 Å². The molecule has 0 bridgehead atoms. The van der Waals surface area contributed by atoms with Gasteiger partial charge in [0.05, 0.1) is 0 Å². The highest BCUT2D eigenvalue weighted by atomic mass is 16.6. The lowest BCUT2D eigenvalue weighted by Gasteiger charge is -2.18. The van der Waals surface area contributed by atoms with Crippen LogP contribution in [0.5, 0.6) is 0 Å². The van der Waals surface area contributed by atoms with Crippen LogP contribution in [-0.4, -0.2) is 37.2 Å². The molecule has 0 aliphatic carbocycles. The second kappa shape index (κ2) is 61.1. The van der Waals surface area contributed by atoms with Gasteiger partial charge >= 0.3 is 17.9 Å². The Hall–Kier alpha value is -3.41. The maximum absolute atomic E-state index is 12.9. The topological polar surface area (TPSA) is 78.9 Å². The number of esters is 3. The molecule has 0 rings (SSSR count). The molecule has 1 atom stereocenters. The molecule has 0 aromatic carbocycles. The Morgan fingerprint density at radius 2 is 0.534 bits per heavy atom. The van der Waals surface area contributed by atoms with Crippen molar-refractivity contribution in [2.75, 3.05) is 13.2 Å². The van der Waals surface area contributed by atoms with E-state index >= 15 is 0 Å². The van der Waals surface area contributed by atoms with E-state index in [9.17, 15) is 14.4 Å². The van der Waals surface area contributed by atoms with Crippen LogP contribution in [-0.2, 0) is 28.6 Å². The first-order valence-electron chi connectivity index (χ1n) is 31.1. The van der Waals surface area contributed by atoms with Crippen LogP contribution in [0.25, 0.3) is 0 Å². The van der Waals surface area contributed by atoms with Gasteiger partial charge in [0.1, 0.15) is 13.2 Å². The predicted octanol–water partition coefficient (Wildman–Crippen LogP) is 21.1. The Morgan fingerprint density at radius 1 is 0.288 bits per heavy atom. The first kappa shape index (κ1) is 69.6. The molecule has 73 heavy (non-hydrogen) atoms. The highest BCUT2D eigenvalue weighted by Gasteiger charge is 2.19. The molecule has 6 nitrogen and oxygen atoms in total. The van der Waals surface area contributed by atoms with Gasteiger partial charge in [-0.25, -0.2) is 0 Å². The second-order valence-corrected chi connectivity index (χ2v) is 20.5. The van der Waals surface area contributed by atoms with E-state index in [1.807, 2.05) is 0 Å². The standard InChI is InChI=1S/C67H116O6/c1-4-7-10-13-16-19-22-25-27-29-30-31-32-33-34-35-36-38-39-42-45-48-51-54-57-60-66(69)72-63-64(62-71-65(68)59-56-53-50-47-44-41-24-21-18-15-12-9-6-3)73-67(70)61-58-55-52-49-46-43-40-37-28-26-23-20-17-14-11-8-5-2/h8-9,11-12,17-18,20-21,26,28-30,41,44,64H,4-7,10,13-16,19,22-25,27,31-40,42-43,45-63H2,1-3H3/b11-8-,12-9-,20-17-,21-18-,28-26-,30-29-,44-41-. The quantitative estimate of drug-likeness (QED) is 0.0261. The number of unbranched alkanes of at least 4 members (excludes halogenated alkanes) is 31. The highest BCUT2D eigenvalue weighted by molar-refractivity contribution is 5.71. The number of rotatable bonds is 56. The Balaban J connectivity index is 4.30. The van der Waals surface area contributed by atoms with Crippen LogP contribution < -0.4 is 0 Å². The summed E-state index contributed by atoms with van der Waals surface area (Å²) in [6, 6.07) is 0. The molecule has 0 spiro atoms. The summed E-state index contributed by atoms with van der Waals surface area (Å²) in [5.41, 5.74) is 0. The fourth-order valence-corrected chi connectivity index (χ4v) is 8.76. The van der Waals surface area contributed by atoms with Crippen LogP contribution in [0.2, 0.25) is 0 Å². The van der Waals surface area contributed by atoms with Crippen molar-refractivity contribution in [1.82, 2.24) is 0 Å². The molecule has 0 radical (unpaired) electrons. The molecule has 0 fully saturated rings. The second-order valence-electron chi connectivity index (χ2n) is 20.5. The number of carbonyl (C=O) groups excluding carboxylic acids is 3. The van der Waals surface area contributed by atoms with E-state index in [1.54, 1.807) is 0 Å². The smallest absolute Gasteiger partial charge is 0.306 e. The van der Waals surface area contributed by atoms with Crippen molar-refractivity contribution in [3.63, 3.8) is 0 Å². The zero-order chi connectivity index (χ0) is 52.9. The lowest BCUT2D eigenvalue weighted by atomic mass is 10.0. The first-order valence-corrected chi connectivity index (χ1v) is 31.1. The van der Waals surface area contributed by atoms with Crippen LogP contribution in [0.4, 0.5) is 0 Å². The fourth-order valence-electron chi connectivity index (χ4n) is 8.76. The average Bonchev–Trinajstić information content (AvgIpc) is 3.39. The van der Waals surface area contributed by atoms with E-state index in [4.69, 9.17) is 14.2 Å². The first-order chi connectivity index (χ1) is 36.0. The monoisotopic (exact) mass is 1020 g/mol. The molecule has 0 aromatic rings. The lowest BCUT2D eigenvalue weighted by molar-refractivity contribution is -0.167. The van der Waals surface area contributed by atoms with Gasteiger partial charge in [-0.05, 0) is 109 Å². The van der Waals surface area contributed by atoms with Crippen LogP contribution in [0.3, 0.4) is 0 Å². The van der Waals surface area contributed by atoms with E-state index in [1.165, 1.54) is 154 Å². The Bertz CT molecular complexity index is 1400. The molecule has 0 aromatic heterocycles. The normalized spacial score (nSPS) is 12.6. The van der Waals surface area contributed by atoms with Crippen molar-refractivity contribution in [2.45, 2.75) is 309 Å². The summed E-state index contributed by atoms with van der Waals surface area (Å²) in [7, 11) is 0. The largest absolute Gasteiger partial charge is 0.462 e. The minimum atomic E-state index is -0.795. The van der Waals surface area contributed by atoms with Gasteiger partial charge < -0.3 is 14.2 Å². The van der Waals surface area contributed by atoms with Crippen LogP contribution in [0, 0.1) is 0 Å². The van der Waals surface area contributed by atoms with Crippen LogP contribution in [0.1, 0.15) is 303 Å². The van der Waals surface area contributed by atoms with Crippen LogP contribution in [0.15, 0.2) is 85.1 Å². The number of carbonyl (C=O) groups is 3. The Morgan fingerprint density at radius 3 is 0.863 bits per heavy atom. The molecule has 0 heterocycles. The van der Waals surface area contributed by atoms with Crippen molar-refractivity contribution < 1.29 is 28.6 Å². The summed E-state index contributed by atoms with van der Waals surface area (Å²) in [4.78, 5) is 38.2. The number of allylic oxidation sites excluding steroid dienone is 14. The van der Waals surface area contributed by atoms with Gasteiger partial charge in [-0.2, -0.15) is 0 Å². The van der Waals surface area contributed by atoms with Gasteiger partial charge in [0, 0.05) is 19.3 Å². The summed E-state index contributed by atoms with van der Waals surface area (Å²) in [6.07, 6.45) is 80.3. The van der Waals surface area contributed by atoms with Gasteiger partial charge in [-0.1, -0.05) is 260 Å². The average molecular weight is 1020 g/mol. The van der Waals surface area contributed by atoms with Gasteiger partial charge in [-0.15, -0.1) is 0 Å². The summed E-state index contributed by atoms with van der Waals surface area (Å²) >= 11 is 0. The fraction of sp³-hybridized carbons (Fsp3) is 0.746. The Kier molecular flexibility index (Phi) is 58.3. The van der Waals surface area contributed by atoms with E-state index in [0.717, 1.165) is 109 Å². The molecule has 6 heteroatoms. The van der Waals surface area contributed by atoms with Crippen LogP contribution >= 0.6 is 0 Å². The molecule has 0 saturated heterocycles. The van der Waals surface area contributed by atoms with Gasteiger partial charge in [0.15, 0.2) is 6.10 Å². The zero-order valence-electron chi connectivity index (χ0n) is 48.1. The SMILES string of the molecule is CC/C=C\C/C=C\C/C=C\CCCCCCCCCC(=O)OC(COC(=O)CCCCC/C=C\C/C=C\C/C=C\CC)COC(=O)CCCCCCCCCCCCCCC/C=C\CCCCCCCCCC. The third kappa shape index (κ3) is 59.3. The van der Waals surface area contributed by atoms with Crippen molar-refractivity contribution >= 4 is 17.9 Å². The molecular weight excluding hydrogens is 901 g/mol. The summed E-state index contributed by atoms with van der Waals surface area (Å²) in [5.74, 6) is -0.921. The molecule has 0 aliphatic heterocycles. The van der Waals surface area contributed by atoms with E-state index in [-0.39, 0.29) is 31.1 Å². The third-order valence-electron chi connectivity index (χ3n) is 13.4. The van der Waals surface area contributed by atoms with E-state index in [2.05, 4.69) is 106 Å². The third-order valence-corrected chi connectivity index (χ3v) is 13.4. The van der Waals surface area contributed by atoms with Crippen molar-refractivity contribution in [1.29, 1.82) is 0 Å². The maximum atomic E-state index is 12.9. The predicted molar refractivity (Wildman–Crippen MR) is 316 cm³/mol. The number of ether oxygens (including phenoxy) is 3. The van der Waals surface area contributed by atoms with Crippen molar-refractivity contribution in [3.8, 4) is 0 Å². The number of hydrogen-bond donors (Lipinski definition) is 0. The minimum Gasteiger partial charge on any atom is -0.462 e. The van der Waals surface area contributed by atoms with E-state index < -0.39 is 6.10 Å². The molecule has 0 saturated carbocycles. The maximum Gasteiger partial charge on any atom is 0.306 e. The number of hydrogen-bond acceptors (Lipinski definition) is 6. The van der Waals surface area contributed by atoms with E-state index in [0.29, 0.717) is 19.3 Å². The molecule has 0 aliphatic rings. The summed E-state index contributed by atoms with van der Waals surface area (Å²) < 4.78 is 16.9. The molecule has 0 amide bonds. The van der Waals surface area contributed by atoms with Gasteiger partial charge in [0.2, 0.25) is 0 Å². The molecule has 0 N–H and O–H groups in total. The highest BCUT2D eigenvalue weighted by Crippen LogP contribution is 2.16. The van der Waals surface area contributed by atoms with Gasteiger partial charge in [-0.3, -0.25) is 14.4 Å². The summed E-state index contributed by atoms with van der Waals surface area (Å²) in [5, 5.41) is 0. The zero-order valence-corrected chi connectivity index (χ0v) is 48.1. The molecular formula is C67H116O6. The molecule has 420 valence electrons. The minimum absolute atomic E-state index is 0.0892. The lowest BCUT2D eigenvalue weighted by Crippen LogP contribution is -2.30. The summed E-state index contributed by atoms with van der Waals surface area (Å²) in [6.45, 7) is 6.41.